The van der Waals surface area contributed by atoms with Gasteiger partial charge in [0, 0.05) is 22.3 Å². The van der Waals surface area contributed by atoms with E-state index >= 15 is 0 Å². The number of ether oxygens (including phenoxy) is 2. The molecular formula is C30H22O4. The van der Waals surface area contributed by atoms with Crippen LogP contribution in [0.1, 0.15) is 36.1 Å². The van der Waals surface area contributed by atoms with Gasteiger partial charge in [-0.3, -0.25) is 0 Å². The van der Waals surface area contributed by atoms with Gasteiger partial charge in [0.25, 0.3) is 0 Å². The number of esters is 2. The van der Waals surface area contributed by atoms with Crippen LogP contribution in [0, 0.1) is 23.7 Å². The summed E-state index contributed by atoms with van der Waals surface area (Å²) in [5.41, 5.74) is 3.39. The zero-order valence-electron chi connectivity index (χ0n) is 19.0. The first-order valence-electron chi connectivity index (χ1n) is 10.4. The van der Waals surface area contributed by atoms with E-state index in [-0.39, 0.29) is 0 Å². The second-order valence-corrected chi connectivity index (χ2v) is 7.41. The molecule has 0 aromatic heterocycles. The largest absolute Gasteiger partial charge is 0.422 e. The number of para-hydroxylation sites is 2. The molecule has 0 heterocycles. The molecule has 4 heteroatoms. The summed E-state index contributed by atoms with van der Waals surface area (Å²) >= 11 is 0. The summed E-state index contributed by atoms with van der Waals surface area (Å²) < 4.78 is 10.7. The first kappa shape index (κ1) is 23.9. The molecule has 0 aliphatic heterocycles. The van der Waals surface area contributed by atoms with Crippen molar-refractivity contribution in [2.75, 3.05) is 0 Å². The number of hydrogen-bond donors (Lipinski definition) is 0. The molecule has 0 amide bonds. The smallest absolute Gasteiger partial charge is 0.338 e. The topological polar surface area (TPSA) is 52.6 Å². The minimum atomic E-state index is -0.492. The van der Waals surface area contributed by atoms with Crippen molar-refractivity contribution in [1.82, 2.24) is 0 Å². The molecule has 0 aliphatic rings. The summed E-state index contributed by atoms with van der Waals surface area (Å²) in [7, 11) is 0. The lowest BCUT2D eigenvalue weighted by Gasteiger charge is -2.05. The van der Waals surface area contributed by atoms with Gasteiger partial charge in [-0.05, 0) is 62.4 Å². The van der Waals surface area contributed by atoms with Gasteiger partial charge < -0.3 is 9.47 Å². The molecule has 0 bridgehead atoms. The van der Waals surface area contributed by atoms with Gasteiger partial charge in [0.15, 0.2) is 0 Å². The molecule has 0 fully saturated rings. The number of hydrogen-bond acceptors (Lipinski definition) is 4. The van der Waals surface area contributed by atoms with Crippen molar-refractivity contribution in [1.29, 1.82) is 0 Å². The zero-order chi connectivity index (χ0) is 24.5. The summed E-state index contributed by atoms with van der Waals surface area (Å²) in [6.07, 6.45) is 0. The molecule has 0 unspecified atom stereocenters. The first-order chi connectivity index (χ1) is 16.3. The summed E-state index contributed by atoms with van der Waals surface area (Å²) in [6, 6.07) is 21.6. The maximum atomic E-state index is 11.8. The van der Waals surface area contributed by atoms with E-state index in [0.717, 1.165) is 11.1 Å². The van der Waals surface area contributed by atoms with Gasteiger partial charge in [-0.15, -0.1) is 0 Å². The van der Waals surface area contributed by atoms with Gasteiger partial charge in [0.05, 0.1) is 11.1 Å². The van der Waals surface area contributed by atoms with Crippen LogP contribution in [0.5, 0.6) is 11.5 Å². The molecule has 166 valence electrons. The van der Waals surface area contributed by atoms with Gasteiger partial charge in [-0.2, -0.15) is 0 Å². The molecular weight excluding hydrogens is 424 g/mol. The van der Waals surface area contributed by atoms with E-state index in [4.69, 9.17) is 9.47 Å². The lowest BCUT2D eigenvalue weighted by atomic mass is 10.1. The Bertz CT molecular complexity index is 1280. The second-order valence-electron chi connectivity index (χ2n) is 7.41. The highest BCUT2D eigenvalue weighted by Crippen LogP contribution is 2.19. The fraction of sp³-hybridized carbons (Fsp3) is 0.0667. The van der Waals surface area contributed by atoms with Crippen LogP contribution in [0.25, 0.3) is 0 Å². The normalized spacial score (nSPS) is 9.47. The van der Waals surface area contributed by atoms with Crippen LogP contribution in [0.15, 0.2) is 97.1 Å². The Labute approximate surface area is 199 Å². The third kappa shape index (κ3) is 6.60. The van der Waals surface area contributed by atoms with Crippen LogP contribution in [0.2, 0.25) is 0 Å². The number of carbonyl (C=O) groups is 2. The predicted molar refractivity (Wildman–Crippen MR) is 132 cm³/mol. The van der Waals surface area contributed by atoms with Crippen molar-refractivity contribution in [3.05, 3.63) is 119 Å². The average molecular weight is 447 g/mol. The van der Waals surface area contributed by atoms with Crippen molar-refractivity contribution in [3.63, 3.8) is 0 Å². The Hall–Kier alpha value is -4.80. The molecule has 4 nitrogen and oxygen atoms in total. The molecule has 0 saturated heterocycles. The average Bonchev–Trinajstić information content (AvgIpc) is 2.83. The Morgan fingerprint density at radius 1 is 0.588 bits per heavy atom. The second kappa shape index (κ2) is 11.2. The van der Waals surface area contributed by atoms with Crippen molar-refractivity contribution >= 4 is 11.9 Å². The Morgan fingerprint density at radius 3 is 1.29 bits per heavy atom. The molecule has 34 heavy (non-hydrogen) atoms. The molecule has 0 radical (unpaired) electrons. The number of rotatable bonds is 4. The SMILES string of the molecule is C=C(C)C(=O)Oc1ccccc1C#Cc1ccc(C#Cc2ccccc2OC(=O)C(=C)C)cc1. The zero-order valence-corrected chi connectivity index (χ0v) is 19.0. The van der Waals surface area contributed by atoms with Crippen LogP contribution >= 0.6 is 0 Å². The van der Waals surface area contributed by atoms with Gasteiger partial charge >= 0.3 is 11.9 Å². The monoisotopic (exact) mass is 446 g/mol. The van der Waals surface area contributed by atoms with E-state index in [2.05, 4.69) is 36.8 Å². The van der Waals surface area contributed by atoms with E-state index in [1.54, 1.807) is 50.2 Å². The molecule has 0 atom stereocenters. The lowest BCUT2D eigenvalue weighted by molar-refractivity contribution is -0.130. The minimum absolute atomic E-state index is 0.316. The third-order valence-corrected chi connectivity index (χ3v) is 4.44. The van der Waals surface area contributed by atoms with E-state index in [1.807, 2.05) is 36.4 Å². The van der Waals surface area contributed by atoms with E-state index in [0.29, 0.717) is 33.8 Å². The van der Waals surface area contributed by atoms with Crippen LogP contribution in [-0.2, 0) is 9.59 Å². The van der Waals surface area contributed by atoms with Crippen LogP contribution < -0.4 is 9.47 Å². The fourth-order valence-electron chi connectivity index (χ4n) is 2.61. The van der Waals surface area contributed by atoms with Crippen molar-refractivity contribution in [2.45, 2.75) is 13.8 Å². The van der Waals surface area contributed by atoms with E-state index < -0.39 is 11.9 Å². The maximum absolute atomic E-state index is 11.8. The maximum Gasteiger partial charge on any atom is 0.338 e. The number of benzene rings is 3. The highest BCUT2D eigenvalue weighted by Gasteiger charge is 2.09. The highest BCUT2D eigenvalue weighted by atomic mass is 16.5. The predicted octanol–water partition coefficient (Wildman–Crippen LogP) is 5.45. The lowest BCUT2D eigenvalue weighted by Crippen LogP contribution is -2.09. The molecule has 0 saturated carbocycles. The summed E-state index contributed by atoms with van der Waals surface area (Å²) in [4.78, 5) is 23.7. The molecule has 3 aromatic carbocycles. The van der Waals surface area contributed by atoms with Gasteiger partial charge in [0.1, 0.15) is 11.5 Å². The summed E-state index contributed by atoms with van der Waals surface area (Å²) in [6.45, 7) is 10.4. The fourth-order valence-corrected chi connectivity index (χ4v) is 2.61. The Balaban J connectivity index is 1.77. The Kier molecular flexibility index (Phi) is 7.84. The van der Waals surface area contributed by atoms with Crippen LogP contribution in [0.3, 0.4) is 0 Å². The van der Waals surface area contributed by atoms with Crippen molar-refractivity contribution < 1.29 is 19.1 Å². The molecule has 0 aliphatic carbocycles. The van der Waals surface area contributed by atoms with Crippen molar-refractivity contribution in [2.24, 2.45) is 0 Å². The highest BCUT2D eigenvalue weighted by molar-refractivity contribution is 5.89. The van der Waals surface area contributed by atoms with Gasteiger partial charge in [-0.1, -0.05) is 61.1 Å². The molecule has 3 rings (SSSR count). The number of carbonyl (C=O) groups excluding carboxylic acids is 2. The third-order valence-electron chi connectivity index (χ3n) is 4.44. The summed E-state index contributed by atoms with van der Waals surface area (Å²) in [5, 5.41) is 0. The molecule has 0 N–H and O–H groups in total. The first-order valence-corrected chi connectivity index (χ1v) is 10.4. The van der Waals surface area contributed by atoms with Crippen LogP contribution in [-0.4, -0.2) is 11.9 Å². The Morgan fingerprint density at radius 2 is 0.941 bits per heavy atom. The quantitative estimate of drug-likeness (QED) is 0.232. The molecule has 0 spiro atoms. The molecule has 3 aromatic rings. The van der Waals surface area contributed by atoms with E-state index in [1.165, 1.54) is 0 Å². The van der Waals surface area contributed by atoms with E-state index in [9.17, 15) is 9.59 Å². The standard InChI is InChI=1S/C30H22O4/c1-21(2)29(31)33-27-11-7-5-9-25(27)19-17-23-13-15-24(16-14-23)18-20-26-10-6-8-12-28(26)34-30(32)22(3)4/h5-16H,1,3H2,2,4H3. The van der Waals surface area contributed by atoms with Crippen LogP contribution in [0.4, 0.5) is 0 Å². The van der Waals surface area contributed by atoms with Gasteiger partial charge in [0.2, 0.25) is 0 Å². The minimum Gasteiger partial charge on any atom is -0.422 e. The van der Waals surface area contributed by atoms with Gasteiger partial charge in [-0.25, -0.2) is 9.59 Å². The summed E-state index contributed by atoms with van der Waals surface area (Å²) in [5.74, 6) is 12.0. The van der Waals surface area contributed by atoms with Crippen molar-refractivity contribution in [3.8, 4) is 35.2 Å².